The molecular formula is C12H16N2O4. The van der Waals surface area contributed by atoms with E-state index < -0.39 is 11.9 Å². The second-order valence-electron chi connectivity index (χ2n) is 4.08. The maximum Gasteiger partial charge on any atom is 0.323 e. The zero-order valence-corrected chi connectivity index (χ0v) is 10.6. The summed E-state index contributed by atoms with van der Waals surface area (Å²) < 4.78 is 5.37. The molecule has 0 aliphatic carbocycles. The highest BCUT2D eigenvalue weighted by Crippen LogP contribution is 2.10. The van der Waals surface area contributed by atoms with Gasteiger partial charge in [-0.25, -0.2) is 4.98 Å². The van der Waals surface area contributed by atoms with E-state index in [0.717, 1.165) is 4.90 Å². The molecule has 6 heteroatoms. The normalized spacial score (nSPS) is 10.2. The highest BCUT2D eigenvalue weighted by Gasteiger charge is 2.16. The predicted molar refractivity (Wildman–Crippen MR) is 64.6 cm³/mol. The van der Waals surface area contributed by atoms with Crippen LogP contribution >= 0.6 is 0 Å². The van der Waals surface area contributed by atoms with Crippen molar-refractivity contribution in [1.82, 2.24) is 9.88 Å². The number of carbonyl (C=O) groups excluding carboxylic acids is 1. The Morgan fingerprint density at radius 3 is 2.67 bits per heavy atom. The summed E-state index contributed by atoms with van der Waals surface area (Å²) in [7, 11) is 1.41. The van der Waals surface area contributed by atoms with Gasteiger partial charge in [0, 0.05) is 13.1 Å². The van der Waals surface area contributed by atoms with Gasteiger partial charge in [0.05, 0.1) is 6.10 Å². The molecule has 0 saturated carbocycles. The Kier molecular flexibility index (Phi) is 4.65. The molecule has 0 spiro atoms. The fourth-order valence-corrected chi connectivity index (χ4v) is 1.31. The minimum absolute atomic E-state index is 0.0420. The van der Waals surface area contributed by atoms with Gasteiger partial charge in [-0.1, -0.05) is 6.07 Å². The number of likely N-dealkylation sites (N-methyl/N-ethyl adjacent to an activating group) is 1. The molecule has 1 aromatic rings. The van der Waals surface area contributed by atoms with E-state index in [2.05, 4.69) is 4.98 Å². The third-order valence-electron chi connectivity index (χ3n) is 2.02. The van der Waals surface area contributed by atoms with Crippen molar-refractivity contribution >= 4 is 11.9 Å². The number of pyridine rings is 1. The first kappa shape index (κ1) is 14.0. The number of ether oxygens (including phenoxy) is 1. The number of carboxylic acid groups (broad SMARTS) is 1. The molecule has 0 aliphatic heterocycles. The number of aliphatic carboxylic acids is 1. The van der Waals surface area contributed by atoms with Gasteiger partial charge in [0.2, 0.25) is 5.88 Å². The van der Waals surface area contributed by atoms with Crippen molar-refractivity contribution in [3.8, 4) is 5.88 Å². The van der Waals surface area contributed by atoms with Crippen molar-refractivity contribution in [3.05, 3.63) is 23.9 Å². The van der Waals surface area contributed by atoms with Gasteiger partial charge in [0.1, 0.15) is 12.2 Å². The van der Waals surface area contributed by atoms with Crippen molar-refractivity contribution in [3.63, 3.8) is 0 Å². The highest BCUT2D eigenvalue weighted by molar-refractivity contribution is 5.94. The first-order valence-electron chi connectivity index (χ1n) is 5.51. The lowest BCUT2D eigenvalue weighted by Gasteiger charge is -2.15. The van der Waals surface area contributed by atoms with Crippen molar-refractivity contribution < 1.29 is 19.4 Å². The summed E-state index contributed by atoms with van der Waals surface area (Å²) in [4.78, 5) is 27.5. The van der Waals surface area contributed by atoms with Crippen LogP contribution in [0.3, 0.4) is 0 Å². The first-order chi connectivity index (χ1) is 8.40. The number of nitrogens with zero attached hydrogens (tertiary/aromatic N) is 2. The number of carboxylic acids is 1. The second kappa shape index (κ2) is 6.00. The Bertz CT molecular complexity index is 445. The fourth-order valence-electron chi connectivity index (χ4n) is 1.31. The lowest BCUT2D eigenvalue weighted by atomic mass is 10.3. The smallest absolute Gasteiger partial charge is 0.323 e. The van der Waals surface area contributed by atoms with Gasteiger partial charge in [0.25, 0.3) is 5.91 Å². The van der Waals surface area contributed by atoms with E-state index in [4.69, 9.17) is 9.84 Å². The summed E-state index contributed by atoms with van der Waals surface area (Å²) >= 11 is 0. The fraction of sp³-hybridized carbons (Fsp3) is 0.417. The molecule has 18 heavy (non-hydrogen) atoms. The van der Waals surface area contributed by atoms with Crippen LogP contribution in [0.15, 0.2) is 18.2 Å². The lowest BCUT2D eigenvalue weighted by molar-refractivity contribution is -0.137. The zero-order chi connectivity index (χ0) is 13.7. The summed E-state index contributed by atoms with van der Waals surface area (Å²) in [5.41, 5.74) is 0.164. The Balaban J connectivity index is 2.82. The maximum atomic E-state index is 11.9. The molecule has 0 aliphatic rings. The minimum atomic E-state index is -1.07. The van der Waals surface area contributed by atoms with Crippen LogP contribution in [-0.4, -0.2) is 46.6 Å². The van der Waals surface area contributed by atoms with Crippen LogP contribution in [-0.2, 0) is 4.79 Å². The number of carbonyl (C=O) groups is 2. The molecule has 0 radical (unpaired) electrons. The van der Waals surface area contributed by atoms with E-state index in [1.54, 1.807) is 12.1 Å². The van der Waals surface area contributed by atoms with Crippen molar-refractivity contribution in [1.29, 1.82) is 0 Å². The van der Waals surface area contributed by atoms with Crippen molar-refractivity contribution in [2.24, 2.45) is 0 Å². The van der Waals surface area contributed by atoms with Gasteiger partial charge < -0.3 is 14.7 Å². The molecule has 0 aromatic carbocycles. The Labute approximate surface area is 105 Å². The highest BCUT2D eigenvalue weighted by atomic mass is 16.5. The van der Waals surface area contributed by atoms with Crippen molar-refractivity contribution in [2.75, 3.05) is 13.6 Å². The number of hydrogen-bond acceptors (Lipinski definition) is 4. The van der Waals surface area contributed by atoms with Gasteiger partial charge >= 0.3 is 5.97 Å². The van der Waals surface area contributed by atoms with Crippen LogP contribution in [0.25, 0.3) is 0 Å². The standard InChI is InChI=1S/C12H16N2O4/c1-8(2)18-10-6-4-5-9(13-10)12(17)14(3)7-11(15)16/h4-6,8H,7H2,1-3H3,(H,15,16). The molecule has 0 atom stereocenters. The summed E-state index contributed by atoms with van der Waals surface area (Å²) in [6.07, 6.45) is -0.0420. The molecule has 1 rings (SSSR count). The van der Waals surface area contributed by atoms with E-state index in [1.165, 1.54) is 13.1 Å². The largest absolute Gasteiger partial charge is 0.480 e. The van der Waals surface area contributed by atoms with Gasteiger partial charge in [-0.2, -0.15) is 0 Å². The van der Waals surface area contributed by atoms with Crippen LogP contribution in [0, 0.1) is 0 Å². The van der Waals surface area contributed by atoms with Crippen LogP contribution in [0.5, 0.6) is 5.88 Å². The Morgan fingerprint density at radius 2 is 2.11 bits per heavy atom. The third kappa shape index (κ3) is 4.04. The Hall–Kier alpha value is -2.11. The van der Waals surface area contributed by atoms with Gasteiger partial charge in [-0.15, -0.1) is 0 Å². The average Bonchev–Trinajstić information content (AvgIpc) is 2.26. The van der Waals surface area contributed by atoms with Crippen LogP contribution < -0.4 is 4.74 Å². The SMILES string of the molecule is CC(C)Oc1cccc(C(=O)N(C)CC(=O)O)n1. The first-order valence-corrected chi connectivity index (χ1v) is 5.51. The van der Waals surface area contributed by atoms with Crippen LogP contribution in [0.2, 0.25) is 0 Å². The Morgan fingerprint density at radius 1 is 1.44 bits per heavy atom. The molecule has 0 fully saturated rings. The predicted octanol–water partition coefficient (Wildman–Crippen LogP) is 1.03. The number of hydrogen-bond donors (Lipinski definition) is 1. The van der Waals surface area contributed by atoms with E-state index in [0.29, 0.717) is 5.88 Å². The molecular weight excluding hydrogens is 236 g/mol. The quantitative estimate of drug-likeness (QED) is 0.846. The minimum Gasteiger partial charge on any atom is -0.480 e. The summed E-state index contributed by atoms with van der Waals surface area (Å²) in [6.45, 7) is 3.34. The summed E-state index contributed by atoms with van der Waals surface area (Å²) in [6, 6.07) is 4.81. The van der Waals surface area contributed by atoms with Crippen LogP contribution in [0.1, 0.15) is 24.3 Å². The molecule has 1 heterocycles. The second-order valence-corrected chi connectivity index (χ2v) is 4.08. The summed E-state index contributed by atoms with van der Waals surface area (Å²) in [5, 5.41) is 8.61. The molecule has 0 unspecified atom stereocenters. The van der Waals surface area contributed by atoms with E-state index in [9.17, 15) is 9.59 Å². The number of aromatic nitrogens is 1. The molecule has 1 amide bonds. The monoisotopic (exact) mass is 252 g/mol. The van der Waals surface area contributed by atoms with Gasteiger partial charge in [-0.3, -0.25) is 9.59 Å². The van der Waals surface area contributed by atoms with Crippen LogP contribution in [0.4, 0.5) is 0 Å². The molecule has 1 aromatic heterocycles. The lowest BCUT2D eigenvalue weighted by Crippen LogP contribution is -2.32. The molecule has 0 bridgehead atoms. The van der Waals surface area contributed by atoms with E-state index in [1.807, 2.05) is 13.8 Å². The number of amides is 1. The molecule has 98 valence electrons. The van der Waals surface area contributed by atoms with Crippen molar-refractivity contribution in [2.45, 2.75) is 20.0 Å². The van der Waals surface area contributed by atoms with Gasteiger partial charge in [0.15, 0.2) is 0 Å². The van der Waals surface area contributed by atoms with E-state index >= 15 is 0 Å². The molecule has 0 saturated heterocycles. The number of rotatable bonds is 5. The third-order valence-corrected chi connectivity index (χ3v) is 2.02. The molecule has 6 nitrogen and oxygen atoms in total. The van der Waals surface area contributed by atoms with E-state index in [-0.39, 0.29) is 18.3 Å². The maximum absolute atomic E-state index is 11.9. The van der Waals surface area contributed by atoms with Gasteiger partial charge in [-0.05, 0) is 19.9 Å². The average molecular weight is 252 g/mol. The zero-order valence-electron chi connectivity index (χ0n) is 10.6. The topological polar surface area (TPSA) is 79.7 Å². The summed E-state index contributed by atoms with van der Waals surface area (Å²) in [5.74, 6) is -1.17. The molecule has 1 N–H and O–H groups in total.